The Morgan fingerprint density at radius 1 is 0.438 bits per heavy atom. The largest absolute Gasteiger partial charge is 0.308 e. The molecular formula is C29H19N3. The van der Waals surface area contributed by atoms with E-state index in [1.807, 2.05) is 6.20 Å². The van der Waals surface area contributed by atoms with Gasteiger partial charge in [-0.3, -0.25) is 4.57 Å². The van der Waals surface area contributed by atoms with Crippen LogP contribution in [0.4, 0.5) is 0 Å². The molecule has 150 valence electrons. The van der Waals surface area contributed by atoms with Gasteiger partial charge in [0.15, 0.2) is 0 Å². The van der Waals surface area contributed by atoms with Crippen LogP contribution in [-0.2, 0) is 0 Å². The van der Waals surface area contributed by atoms with Crippen molar-refractivity contribution in [2.24, 2.45) is 0 Å². The molecule has 0 saturated carbocycles. The first-order valence-electron chi connectivity index (χ1n) is 10.8. The van der Waals surface area contributed by atoms with E-state index in [4.69, 9.17) is 4.98 Å². The van der Waals surface area contributed by atoms with Gasteiger partial charge in [0.1, 0.15) is 5.65 Å². The van der Waals surface area contributed by atoms with Gasteiger partial charge < -0.3 is 4.57 Å². The van der Waals surface area contributed by atoms with Crippen molar-refractivity contribution in [2.75, 3.05) is 0 Å². The Bertz CT molecular complexity index is 1620. The monoisotopic (exact) mass is 409 g/mol. The molecule has 0 unspecified atom stereocenters. The number of para-hydroxylation sites is 4. The van der Waals surface area contributed by atoms with E-state index in [9.17, 15) is 0 Å². The highest BCUT2D eigenvalue weighted by molar-refractivity contribution is 6.27. The van der Waals surface area contributed by atoms with Crippen LogP contribution in [0.5, 0.6) is 0 Å². The maximum absolute atomic E-state index is 5.05. The minimum absolute atomic E-state index is 0.987. The van der Waals surface area contributed by atoms with Crippen LogP contribution >= 0.6 is 0 Å². The van der Waals surface area contributed by atoms with Crippen molar-refractivity contribution in [2.45, 2.75) is 0 Å². The second-order valence-corrected chi connectivity index (χ2v) is 8.09. The van der Waals surface area contributed by atoms with E-state index >= 15 is 0 Å². The van der Waals surface area contributed by atoms with Crippen molar-refractivity contribution in [3.63, 3.8) is 0 Å². The van der Waals surface area contributed by atoms with Crippen LogP contribution in [0, 0.1) is 0 Å². The summed E-state index contributed by atoms with van der Waals surface area (Å²) in [5, 5.41) is 4.92. The lowest BCUT2D eigenvalue weighted by molar-refractivity contribution is 1.13. The molecule has 0 radical (unpaired) electrons. The molecule has 0 atom stereocenters. The lowest BCUT2D eigenvalue weighted by Crippen LogP contribution is -1.96. The summed E-state index contributed by atoms with van der Waals surface area (Å²) in [5.74, 6) is 0. The molecule has 4 aromatic carbocycles. The second-order valence-electron chi connectivity index (χ2n) is 8.09. The Kier molecular flexibility index (Phi) is 3.55. The van der Waals surface area contributed by atoms with Crippen molar-refractivity contribution in [3.8, 4) is 11.4 Å². The minimum Gasteiger partial charge on any atom is -0.308 e. The van der Waals surface area contributed by atoms with E-state index in [2.05, 4.69) is 118 Å². The Labute approximate surface area is 184 Å². The smallest absolute Gasteiger partial charge is 0.146 e. The van der Waals surface area contributed by atoms with Gasteiger partial charge in [0, 0.05) is 32.9 Å². The first kappa shape index (κ1) is 17.3. The Balaban J connectivity index is 1.74. The maximum atomic E-state index is 5.05. The third-order valence-corrected chi connectivity index (χ3v) is 6.35. The van der Waals surface area contributed by atoms with Crippen molar-refractivity contribution < 1.29 is 0 Å². The number of benzene rings is 4. The second kappa shape index (κ2) is 6.56. The van der Waals surface area contributed by atoms with E-state index in [0.29, 0.717) is 0 Å². The van der Waals surface area contributed by atoms with E-state index in [-0.39, 0.29) is 0 Å². The van der Waals surface area contributed by atoms with Crippen molar-refractivity contribution in [1.29, 1.82) is 0 Å². The molecule has 0 spiro atoms. The normalized spacial score (nSPS) is 11.8. The standard InChI is InChI=1S/C29H19N3/c1-3-11-20(12-4-1)31-24-17-9-7-15-22(24)27-26(31)19-30-29-28(27)23-16-8-10-18-25(23)32(29)21-13-5-2-6-14-21/h1-19H. The third kappa shape index (κ3) is 2.28. The molecule has 3 heteroatoms. The van der Waals surface area contributed by atoms with Gasteiger partial charge in [-0.05, 0) is 36.4 Å². The van der Waals surface area contributed by atoms with Crippen LogP contribution in [-0.4, -0.2) is 14.1 Å². The molecule has 0 N–H and O–H groups in total. The Morgan fingerprint density at radius 2 is 0.938 bits per heavy atom. The average molecular weight is 409 g/mol. The van der Waals surface area contributed by atoms with Gasteiger partial charge in [-0.15, -0.1) is 0 Å². The summed E-state index contributed by atoms with van der Waals surface area (Å²) in [6, 6.07) is 38.3. The van der Waals surface area contributed by atoms with Crippen LogP contribution in [0.3, 0.4) is 0 Å². The van der Waals surface area contributed by atoms with Gasteiger partial charge in [-0.2, -0.15) is 0 Å². The summed E-state index contributed by atoms with van der Waals surface area (Å²) < 4.78 is 4.60. The van der Waals surface area contributed by atoms with Crippen LogP contribution in [0.15, 0.2) is 115 Å². The molecule has 32 heavy (non-hydrogen) atoms. The van der Waals surface area contributed by atoms with Crippen molar-refractivity contribution in [1.82, 2.24) is 14.1 Å². The zero-order valence-corrected chi connectivity index (χ0v) is 17.3. The number of hydrogen-bond acceptors (Lipinski definition) is 1. The lowest BCUT2D eigenvalue weighted by atomic mass is 10.1. The number of rotatable bonds is 2. The zero-order chi connectivity index (χ0) is 21.1. The van der Waals surface area contributed by atoms with E-state index in [1.165, 1.54) is 32.6 Å². The van der Waals surface area contributed by atoms with Gasteiger partial charge in [0.2, 0.25) is 0 Å². The number of nitrogens with zero attached hydrogens (tertiary/aromatic N) is 3. The average Bonchev–Trinajstić information content (AvgIpc) is 3.38. The minimum atomic E-state index is 0.987. The fraction of sp³-hybridized carbons (Fsp3) is 0. The zero-order valence-electron chi connectivity index (χ0n) is 17.3. The van der Waals surface area contributed by atoms with Gasteiger partial charge in [-0.1, -0.05) is 72.8 Å². The maximum Gasteiger partial charge on any atom is 0.146 e. The summed E-state index contributed by atoms with van der Waals surface area (Å²) in [7, 11) is 0. The molecule has 7 rings (SSSR count). The Morgan fingerprint density at radius 3 is 1.59 bits per heavy atom. The molecule has 0 bridgehead atoms. The van der Waals surface area contributed by atoms with Crippen LogP contribution in [0.2, 0.25) is 0 Å². The molecule has 0 aliphatic carbocycles. The highest BCUT2D eigenvalue weighted by Crippen LogP contribution is 2.40. The third-order valence-electron chi connectivity index (χ3n) is 6.35. The number of aromatic nitrogens is 3. The SMILES string of the molecule is c1ccc(-n2c3ccccc3c3c4c5ccccc5n(-c5ccccc5)c4ncc32)cc1. The van der Waals surface area contributed by atoms with Crippen LogP contribution in [0.25, 0.3) is 55.1 Å². The summed E-state index contributed by atoms with van der Waals surface area (Å²) in [5.41, 5.74) is 6.75. The first-order chi connectivity index (χ1) is 15.9. The van der Waals surface area contributed by atoms with Crippen molar-refractivity contribution >= 4 is 43.7 Å². The molecular weight excluding hydrogens is 390 g/mol. The van der Waals surface area contributed by atoms with Crippen LogP contribution in [0.1, 0.15) is 0 Å². The quantitative estimate of drug-likeness (QED) is 0.294. The highest BCUT2D eigenvalue weighted by atomic mass is 15.1. The fourth-order valence-corrected chi connectivity index (χ4v) is 5.06. The predicted octanol–water partition coefficient (Wildman–Crippen LogP) is 7.28. The topological polar surface area (TPSA) is 22.8 Å². The van der Waals surface area contributed by atoms with Gasteiger partial charge in [0.05, 0.1) is 22.7 Å². The van der Waals surface area contributed by atoms with E-state index in [1.54, 1.807) is 0 Å². The van der Waals surface area contributed by atoms with Crippen LogP contribution < -0.4 is 0 Å². The summed E-state index contributed by atoms with van der Waals surface area (Å²) >= 11 is 0. The summed E-state index contributed by atoms with van der Waals surface area (Å²) in [4.78, 5) is 5.05. The van der Waals surface area contributed by atoms with Gasteiger partial charge >= 0.3 is 0 Å². The van der Waals surface area contributed by atoms with Crippen molar-refractivity contribution in [3.05, 3.63) is 115 Å². The first-order valence-corrected chi connectivity index (χ1v) is 10.8. The van der Waals surface area contributed by atoms with E-state index in [0.717, 1.165) is 22.5 Å². The van der Waals surface area contributed by atoms with E-state index < -0.39 is 0 Å². The molecule has 7 aromatic rings. The lowest BCUT2D eigenvalue weighted by Gasteiger charge is -2.08. The molecule has 3 nitrogen and oxygen atoms in total. The molecule has 0 amide bonds. The predicted molar refractivity (Wildman–Crippen MR) is 133 cm³/mol. The molecule has 0 aliphatic rings. The molecule has 0 saturated heterocycles. The summed E-state index contributed by atoms with van der Waals surface area (Å²) in [6.07, 6.45) is 2.03. The highest BCUT2D eigenvalue weighted by Gasteiger charge is 2.20. The Hall–Kier alpha value is -4.37. The van der Waals surface area contributed by atoms with Gasteiger partial charge in [0.25, 0.3) is 0 Å². The van der Waals surface area contributed by atoms with Gasteiger partial charge in [-0.25, -0.2) is 4.98 Å². The molecule has 0 aliphatic heterocycles. The number of fused-ring (bicyclic) bond motifs is 7. The molecule has 3 aromatic heterocycles. The number of hydrogen-bond donors (Lipinski definition) is 0. The summed E-state index contributed by atoms with van der Waals surface area (Å²) in [6.45, 7) is 0. The number of pyridine rings is 1. The molecule has 3 heterocycles. The molecule has 0 fully saturated rings. The fourth-order valence-electron chi connectivity index (χ4n) is 5.06.